The number of hydrogen-bond acceptors (Lipinski definition) is 4. The fourth-order valence-electron chi connectivity index (χ4n) is 2.81. The molecule has 0 spiro atoms. The van der Waals surface area contributed by atoms with Crippen molar-refractivity contribution < 1.29 is 14.6 Å². The van der Waals surface area contributed by atoms with E-state index in [-0.39, 0.29) is 6.04 Å². The van der Waals surface area contributed by atoms with Crippen molar-refractivity contribution in [3.8, 4) is 0 Å². The summed E-state index contributed by atoms with van der Waals surface area (Å²) in [5, 5.41) is 13.6. The van der Waals surface area contributed by atoms with Crippen LogP contribution in [0.5, 0.6) is 0 Å². The molecule has 1 aliphatic heterocycles. The van der Waals surface area contributed by atoms with E-state index >= 15 is 0 Å². The Kier molecular flexibility index (Phi) is 4.77. The molecule has 0 amide bonds. The van der Waals surface area contributed by atoms with Crippen LogP contribution in [-0.4, -0.2) is 51.6 Å². The number of nitrogens with zero attached hydrogens (tertiary/aromatic N) is 3. The van der Waals surface area contributed by atoms with Crippen molar-refractivity contribution in [2.24, 2.45) is 13.0 Å². The Morgan fingerprint density at radius 2 is 2.35 bits per heavy atom. The Labute approximate surface area is 119 Å². The maximum absolute atomic E-state index is 11.3. The van der Waals surface area contributed by atoms with Gasteiger partial charge in [-0.3, -0.25) is 14.4 Å². The molecule has 2 atom stereocenters. The Balaban J connectivity index is 2.14. The van der Waals surface area contributed by atoms with Gasteiger partial charge in [0, 0.05) is 31.4 Å². The first-order valence-electron chi connectivity index (χ1n) is 7.06. The van der Waals surface area contributed by atoms with E-state index in [1.54, 1.807) is 4.68 Å². The van der Waals surface area contributed by atoms with Gasteiger partial charge in [-0.05, 0) is 19.9 Å². The molecule has 0 saturated carbocycles. The highest BCUT2D eigenvalue weighted by atomic mass is 16.5. The van der Waals surface area contributed by atoms with E-state index in [1.165, 1.54) is 0 Å². The third-order valence-electron chi connectivity index (χ3n) is 3.84. The second-order valence-corrected chi connectivity index (χ2v) is 5.43. The van der Waals surface area contributed by atoms with Crippen LogP contribution in [0.15, 0.2) is 6.20 Å². The number of aryl methyl sites for hydroxylation is 2. The average Bonchev–Trinajstić information content (AvgIpc) is 2.96. The second kappa shape index (κ2) is 6.37. The summed E-state index contributed by atoms with van der Waals surface area (Å²) in [6.45, 7) is 6.49. The molecule has 1 aliphatic rings. The van der Waals surface area contributed by atoms with Gasteiger partial charge in [-0.25, -0.2) is 0 Å². The van der Waals surface area contributed by atoms with Crippen LogP contribution in [0.3, 0.4) is 0 Å². The summed E-state index contributed by atoms with van der Waals surface area (Å²) >= 11 is 0. The molecule has 0 radical (unpaired) electrons. The van der Waals surface area contributed by atoms with Crippen LogP contribution in [-0.2, 0) is 23.1 Å². The standard InChI is InChI=1S/C14H23N3O3/c1-4-5-17(7-11-6-16(3)15-10(11)2)13-9-20-8-12(13)14(18)19/h6,12-13H,4-5,7-9H2,1-3H3,(H,18,19). The zero-order chi connectivity index (χ0) is 14.7. The predicted molar refractivity (Wildman–Crippen MR) is 74.4 cm³/mol. The second-order valence-electron chi connectivity index (χ2n) is 5.43. The van der Waals surface area contributed by atoms with E-state index in [0.29, 0.717) is 13.2 Å². The van der Waals surface area contributed by atoms with Gasteiger partial charge >= 0.3 is 5.97 Å². The predicted octanol–water partition coefficient (Wildman–Crippen LogP) is 1.04. The molecule has 1 fully saturated rings. The Morgan fingerprint density at radius 1 is 1.60 bits per heavy atom. The molecule has 0 aliphatic carbocycles. The molecule has 1 saturated heterocycles. The van der Waals surface area contributed by atoms with Crippen LogP contribution < -0.4 is 0 Å². The highest BCUT2D eigenvalue weighted by molar-refractivity contribution is 5.71. The molecule has 6 heteroatoms. The summed E-state index contributed by atoms with van der Waals surface area (Å²) in [5.41, 5.74) is 2.15. The SMILES string of the molecule is CCCN(Cc1cn(C)nc1C)C1COCC1C(=O)O. The van der Waals surface area contributed by atoms with Crippen molar-refractivity contribution in [1.29, 1.82) is 0 Å². The first kappa shape index (κ1) is 15.0. The number of ether oxygens (including phenoxy) is 1. The van der Waals surface area contributed by atoms with E-state index < -0.39 is 11.9 Å². The van der Waals surface area contributed by atoms with Crippen molar-refractivity contribution in [2.75, 3.05) is 19.8 Å². The molecule has 20 heavy (non-hydrogen) atoms. The van der Waals surface area contributed by atoms with Gasteiger partial charge in [-0.2, -0.15) is 5.10 Å². The maximum atomic E-state index is 11.3. The number of hydrogen-bond donors (Lipinski definition) is 1. The van der Waals surface area contributed by atoms with Crippen LogP contribution in [0.1, 0.15) is 24.6 Å². The van der Waals surface area contributed by atoms with Gasteiger partial charge in [0.25, 0.3) is 0 Å². The van der Waals surface area contributed by atoms with Crippen LogP contribution >= 0.6 is 0 Å². The van der Waals surface area contributed by atoms with Crippen molar-refractivity contribution in [2.45, 2.75) is 32.9 Å². The first-order chi connectivity index (χ1) is 9.52. The molecule has 112 valence electrons. The quantitative estimate of drug-likeness (QED) is 0.844. The molecule has 0 bridgehead atoms. The van der Waals surface area contributed by atoms with Gasteiger partial charge in [0.2, 0.25) is 0 Å². The molecule has 2 unspecified atom stereocenters. The molecular weight excluding hydrogens is 258 g/mol. The van der Waals surface area contributed by atoms with Crippen molar-refractivity contribution in [1.82, 2.24) is 14.7 Å². The van der Waals surface area contributed by atoms with Crippen LogP contribution in [0.25, 0.3) is 0 Å². The van der Waals surface area contributed by atoms with Gasteiger partial charge in [0.1, 0.15) is 0 Å². The lowest BCUT2D eigenvalue weighted by Crippen LogP contribution is -2.43. The monoisotopic (exact) mass is 281 g/mol. The summed E-state index contributed by atoms with van der Waals surface area (Å²) in [6.07, 6.45) is 2.99. The normalized spacial score (nSPS) is 22.6. The number of aromatic nitrogens is 2. The summed E-state index contributed by atoms with van der Waals surface area (Å²) in [7, 11) is 1.90. The Bertz CT molecular complexity index is 472. The van der Waals surface area contributed by atoms with Crippen molar-refractivity contribution >= 4 is 5.97 Å². The minimum atomic E-state index is -0.767. The third-order valence-corrected chi connectivity index (χ3v) is 3.84. The van der Waals surface area contributed by atoms with Crippen LogP contribution in [0.4, 0.5) is 0 Å². The molecule has 1 N–H and O–H groups in total. The summed E-state index contributed by atoms with van der Waals surface area (Å²) in [6, 6.07) is -0.0490. The minimum absolute atomic E-state index is 0.0490. The molecule has 1 aromatic rings. The lowest BCUT2D eigenvalue weighted by atomic mass is 10.0. The summed E-state index contributed by atoms with van der Waals surface area (Å²) < 4.78 is 7.19. The molecule has 1 aromatic heterocycles. The van der Waals surface area contributed by atoms with E-state index in [0.717, 1.165) is 30.8 Å². The topological polar surface area (TPSA) is 67.6 Å². The number of carboxylic acids is 1. The molecule has 0 aromatic carbocycles. The maximum Gasteiger partial charge on any atom is 0.310 e. The summed E-state index contributed by atoms with van der Waals surface area (Å²) in [4.78, 5) is 13.5. The number of aliphatic carboxylic acids is 1. The zero-order valence-electron chi connectivity index (χ0n) is 12.4. The van der Waals surface area contributed by atoms with E-state index in [9.17, 15) is 9.90 Å². The van der Waals surface area contributed by atoms with Gasteiger partial charge in [0.05, 0.1) is 24.8 Å². The fourth-order valence-corrected chi connectivity index (χ4v) is 2.81. The van der Waals surface area contributed by atoms with E-state index in [2.05, 4.69) is 16.9 Å². The van der Waals surface area contributed by atoms with Gasteiger partial charge in [0.15, 0.2) is 0 Å². The zero-order valence-corrected chi connectivity index (χ0v) is 12.4. The third kappa shape index (κ3) is 3.19. The molecule has 2 rings (SSSR count). The van der Waals surface area contributed by atoms with Crippen LogP contribution in [0, 0.1) is 12.8 Å². The number of rotatable bonds is 6. The smallest absolute Gasteiger partial charge is 0.310 e. The largest absolute Gasteiger partial charge is 0.481 e. The highest BCUT2D eigenvalue weighted by Gasteiger charge is 2.37. The van der Waals surface area contributed by atoms with Crippen molar-refractivity contribution in [3.63, 3.8) is 0 Å². The number of carboxylic acid groups (broad SMARTS) is 1. The molecule has 6 nitrogen and oxygen atoms in total. The Hall–Kier alpha value is -1.40. The van der Waals surface area contributed by atoms with E-state index in [4.69, 9.17) is 4.74 Å². The van der Waals surface area contributed by atoms with E-state index in [1.807, 2.05) is 20.2 Å². The van der Waals surface area contributed by atoms with Crippen molar-refractivity contribution in [3.05, 3.63) is 17.5 Å². The van der Waals surface area contributed by atoms with Gasteiger partial charge in [-0.1, -0.05) is 6.92 Å². The molecular formula is C14H23N3O3. The number of carbonyl (C=O) groups is 1. The van der Waals surface area contributed by atoms with Gasteiger partial charge < -0.3 is 9.84 Å². The van der Waals surface area contributed by atoms with Gasteiger partial charge in [-0.15, -0.1) is 0 Å². The Morgan fingerprint density at radius 3 is 2.90 bits per heavy atom. The fraction of sp³-hybridized carbons (Fsp3) is 0.714. The lowest BCUT2D eigenvalue weighted by molar-refractivity contribution is -0.143. The molecule has 2 heterocycles. The minimum Gasteiger partial charge on any atom is -0.481 e. The lowest BCUT2D eigenvalue weighted by Gasteiger charge is -2.29. The highest BCUT2D eigenvalue weighted by Crippen LogP contribution is 2.23. The summed E-state index contributed by atoms with van der Waals surface area (Å²) in [5.74, 6) is -1.20. The first-order valence-corrected chi connectivity index (χ1v) is 7.06. The average molecular weight is 281 g/mol. The van der Waals surface area contributed by atoms with Crippen LogP contribution in [0.2, 0.25) is 0 Å².